The summed E-state index contributed by atoms with van der Waals surface area (Å²) in [4.78, 5) is 0. The SMILES string of the molecule is CC1CCC(C#N)(Nc2cccc(Cl)c2)C(C)C1. The third-order valence-corrected chi connectivity index (χ3v) is 4.26. The molecule has 18 heavy (non-hydrogen) atoms. The first-order valence-corrected chi connectivity index (χ1v) is 6.88. The van der Waals surface area contributed by atoms with Gasteiger partial charge < -0.3 is 5.32 Å². The number of hydrogen-bond donors (Lipinski definition) is 1. The zero-order valence-electron chi connectivity index (χ0n) is 10.9. The van der Waals surface area contributed by atoms with E-state index in [1.54, 1.807) is 0 Å². The molecule has 0 radical (unpaired) electrons. The van der Waals surface area contributed by atoms with Crippen LogP contribution >= 0.6 is 11.6 Å². The molecule has 0 heterocycles. The summed E-state index contributed by atoms with van der Waals surface area (Å²) >= 11 is 5.99. The lowest BCUT2D eigenvalue weighted by molar-refractivity contribution is 0.229. The van der Waals surface area contributed by atoms with Gasteiger partial charge in [0.1, 0.15) is 5.54 Å². The molecule has 0 amide bonds. The molecular weight excluding hydrogens is 244 g/mol. The third kappa shape index (κ3) is 2.62. The van der Waals surface area contributed by atoms with E-state index in [4.69, 9.17) is 11.6 Å². The molecule has 0 aliphatic heterocycles. The van der Waals surface area contributed by atoms with Crippen molar-refractivity contribution in [3.63, 3.8) is 0 Å². The number of nitrogens with zero attached hydrogens (tertiary/aromatic N) is 1. The standard InChI is InChI=1S/C15H19ClN2/c1-11-6-7-15(10-17,12(2)8-11)18-14-5-3-4-13(16)9-14/h3-5,9,11-12,18H,6-8H2,1-2H3. The van der Waals surface area contributed by atoms with E-state index in [0.29, 0.717) is 16.9 Å². The minimum Gasteiger partial charge on any atom is -0.367 e. The first-order valence-electron chi connectivity index (χ1n) is 6.51. The minimum atomic E-state index is -0.447. The van der Waals surface area contributed by atoms with Crippen LogP contribution in [0, 0.1) is 23.2 Å². The Morgan fingerprint density at radius 3 is 2.83 bits per heavy atom. The molecule has 1 saturated carbocycles. The predicted octanol–water partition coefficient (Wildman–Crippen LogP) is 4.47. The number of nitriles is 1. The fourth-order valence-electron chi connectivity index (χ4n) is 2.85. The highest BCUT2D eigenvalue weighted by Gasteiger charge is 2.40. The Morgan fingerprint density at radius 2 is 2.22 bits per heavy atom. The maximum absolute atomic E-state index is 9.58. The Morgan fingerprint density at radius 1 is 1.44 bits per heavy atom. The van der Waals surface area contributed by atoms with Gasteiger partial charge in [-0.1, -0.05) is 31.5 Å². The molecule has 1 aliphatic carbocycles. The van der Waals surface area contributed by atoms with E-state index in [1.807, 2.05) is 24.3 Å². The molecule has 1 aliphatic rings. The van der Waals surface area contributed by atoms with E-state index in [1.165, 1.54) is 0 Å². The van der Waals surface area contributed by atoms with Crippen molar-refractivity contribution in [1.82, 2.24) is 0 Å². The summed E-state index contributed by atoms with van der Waals surface area (Å²) in [6.45, 7) is 4.42. The summed E-state index contributed by atoms with van der Waals surface area (Å²) in [6.07, 6.45) is 3.10. The second kappa shape index (κ2) is 5.20. The van der Waals surface area contributed by atoms with Crippen molar-refractivity contribution in [2.45, 2.75) is 38.6 Å². The van der Waals surface area contributed by atoms with Crippen molar-refractivity contribution in [2.75, 3.05) is 5.32 Å². The molecule has 3 heteroatoms. The average molecular weight is 263 g/mol. The van der Waals surface area contributed by atoms with Crippen LogP contribution in [-0.2, 0) is 0 Å². The van der Waals surface area contributed by atoms with Crippen molar-refractivity contribution in [3.05, 3.63) is 29.3 Å². The van der Waals surface area contributed by atoms with Gasteiger partial charge in [0.05, 0.1) is 6.07 Å². The zero-order chi connectivity index (χ0) is 13.2. The highest BCUT2D eigenvalue weighted by atomic mass is 35.5. The van der Waals surface area contributed by atoms with Crippen LogP contribution in [0.1, 0.15) is 33.1 Å². The van der Waals surface area contributed by atoms with Crippen LogP contribution < -0.4 is 5.32 Å². The van der Waals surface area contributed by atoms with Gasteiger partial charge in [0.25, 0.3) is 0 Å². The molecule has 0 aromatic heterocycles. The van der Waals surface area contributed by atoms with Gasteiger partial charge in [-0.25, -0.2) is 0 Å². The van der Waals surface area contributed by atoms with Gasteiger partial charge in [-0.15, -0.1) is 0 Å². The van der Waals surface area contributed by atoms with Gasteiger partial charge in [-0.05, 0) is 49.3 Å². The monoisotopic (exact) mass is 262 g/mol. The molecule has 2 nitrogen and oxygen atoms in total. The van der Waals surface area contributed by atoms with Crippen LogP contribution in [-0.4, -0.2) is 5.54 Å². The molecule has 3 atom stereocenters. The Kier molecular flexibility index (Phi) is 3.82. The van der Waals surface area contributed by atoms with Crippen molar-refractivity contribution in [1.29, 1.82) is 5.26 Å². The Balaban J connectivity index is 2.21. The maximum atomic E-state index is 9.58. The Hall–Kier alpha value is -1.20. The predicted molar refractivity (Wildman–Crippen MR) is 75.6 cm³/mol. The molecule has 2 rings (SSSR count). The lowest BCUT2D eigenvalue weighted by Crippen LogP contribution is -2.46. The topological polar surface area (TPSA) is 35.8 Å². The van der Waals surface area contributed by atoms with E-state index in [9.17, 15) is 5.26 Å². The van der Waals surface area contributed by atoms with Gasteiger partial charge in [-0.2, -0.15) is 5.26 Å². The average Bonchev–Trinajstić information content (AvgIpc) is 2.33. The highest BCUT2D eigenvalue weighted by Crippen LogP contribution is 2.38. The normalized spacial score (nSPS) is 31.7. The summed E-state index contributed by atoms with van der Waals surface area (Å²) in [5, 5.41) is 13.7. The summed E-state index contributed by atoms with van der Waals surface area (Å²) in [6, 6.07) is 10.1. The number of halogens is 1. The molecule has 1 aromatic carbocycles. The van der Waals surface area contributed by atoms with Crippen molar-refractivity contribution < 1.29 is 0 Å². The highest BCUT2D eigenvalue weighted by molar-refractivity contribution is 6.30. The van der Waals surface area contributed by atoms with Crippen molar-refractivity contribution >= 4 is 17.3 Å². The van der Waals surface area contributed by atoms with E-state index < -0.39 is 5.54 Å². The Labute approximate surface area is 114 Å². The van der Waals surface area contributed by atoms with Gasteiger partial charge in [0.15, 0.2) is 0 Å². The molecule has 96 valence electrons. The quantitative estimate of drug-likeness (QED) is 0.854. The Bertz CT molecular complexity index is 466. The number of nitrogens with one attached hydrogen (secondary N) is 1. The number of rotatable bonds is 2. The minimum absolute atomic E-state index is 0.352. The zero-order valence-corrected chi connectivity index (χ0v) is 11.7. The van der Waals surface area contributed by atoms with Crippen LogP contribution in [0.2, 0.25) is 5.02 Å². The number of hydrogen-bond acceptors (Lipinski definition) is 2. The van der Waals surface area contributed by atoms with Crippen LogP contribution in [0.15, 0.2) is 24.3 Å². The molecule has 0 saturated heterocycles. The number of anilines is 1. The van der Waals surface area contributed by atoms with Gasteiger partial charge in [0, 0.05) is 10.7 Å². The molecule has 1 fully saturated rings. The summed E-state index contributed by atoms with van der Waals surface area (Å²) < 4.78 is 0. The van der Waals surface area contributed by atoms with Crippen LogP contribution in [0.5, 0.6) is 0 Å². The lowest BCUT2D eigenvalue weighted by Gasteiger charge is -2.40. The molecule has 0 bridgehead atoms. The molecular formula is C15H19ClN2. The second-order valence-corrected chi connectivity index (χ2v) is 5.94. The first kappa shape index (κ1) is 13.2. The lowest BCUT2D eigenvalue weighted by atomic mass is 9.70. The van der Waals surface area contributed by atoms with Gasteiger partial charge in [-0.3, -0.25) is 0 Å². The second-order valence-electron chi connectivity index (χ2n) is 5.50. The largest absolute Gasteiger partial charge is 0.367 e. The molecule has 0 spiro atoms. The summed E-state index contributed by atoms with van der Waals surface area (Å²) in [7, 11) is 0. The third-order valence-electron chi connectivity index (χ3n) is 4.02. The van der Waals surface area contributed by atoms with Crippen LogP contribution in [0.3, 0.4) is 0 Å². The van der Waals surface area contributed by atoms with E-state index in [0.717, 1.165) is 24.9 Å². The molecule has 3 unspecified atom stereocenters. The molecule has 1 N–H and O–H groups in total. The van der Waals surface area contributed by atoms with Crippen LogP contribution in [0.4, 0.5) is 5.69 Å². The fourth-order valence-corrected chi connectivity index (χ4v) is 3.04. The summed E-state index contributed by atoms with van der Waals surface area (Å²) in [5.74, 6) is 1.06. The summed E-state index contributed by atoms with van der Waals surface area (Å²) in [5.41, 5.74) is 0.488. The van der Waals surface area contributed by atoms with Crippen molar-refractivity contribution in [3.8, 4) is 6.07 Å². The van der Waals surface area contributed by atoms with E-state index >= 15 is 0 Å². The van der Waals surface area contributed by atoms with Gasteiger partial charge in [0.2, 0.25) is 0 Å². The fraction of sp³-hybridized carbons (Fsp3) is 0.533. The van der Waals surface area contributed by atoms with Gasteiger partial charge >= 0.3 is 0 Å². The van der Waals surface area contributed by atoms with E-state index in [-0.39, 0.29) is 0 Å². The van der Waals surface area contributed by atoms with Crippen LogP contribution in [0.25, 0.3) is 0 Å². The number of benzene rings is 1. The van der Waals surface area contributed by atoms with Crippen molar-refractivity contribution in [2.24, 2.45) is 11.8 Å². The smallest absolute Gasteiger partial charge is 0.127 e. The first-order chi connectivity index (χ1) is 8.55. The maximum Gasteiger partial charge on any atom is 0.127 e. The van der Waals surface area contributed by atoms with E-state index in [2.05, 4.69) is 25.2 Å². The molecule has 1 aromatic rings.